The van der Waals surface area contributed by atoms with Gasteiger partial charge in [-0.1, -0.05) is 48.5 Å². The number of hydrogen-bond donors (Lipinski definition) is 1. The summed E-state index contributed by atoms with van der Waals surface area (Å²) < 4.78 is 0. The van der Waals surface area contributed by atoms with Crippen LogP contribution >= 0.6 is 11.3 Å². The molecule has 0 fully saturated rings. The summed E-state index contributed by atoms with van der Waals surface area (Å²) >= 11 is 1.59. The molecule has 2 nitrogen and oxygen atoms in total. The lowest BCUT2D eigenvalue weighted by atomic mass is 9.98. The Hall–Kier alpha value is -2.13. The van der Waals surface area contributed by atoms with Crippen LogP contribution < -0.4 is 5.73 Å². The van der Waals surface area contributed by atoms with E-state index in [-0.39, 0.29) is 0 Å². The second kappa shape index (κ2) is 5.70. The SMILES string of the molecule is Cc1cccc(C)c1-c1nc(N)sc1Cc1ccccc1. The minimum absolute atomic E-state index is 0.638. The maximum atomic E-state index is 5.98. The van der Waals surface area contributed by atoms with Crippen molar-refractivity contribution in [1.82, 2.24) is 4.98 Å². The number of nitrogens with zero attached hydrogens (tertiary/aromatic N) is 1. The third-order valence-electron chi connectivity index (χ3n) is 3.64. The lowest BCUT2D eigenvalue weighted by Crippen LogP contribution is -1.93. The standard InChI is InChI=1S/C18H18N2S/c1-12-7-6-8-13(2)16(12)17-15(21-18(19)20-17)11-14-9-4-3-5-10-14/h3-10H,11H2,1-2H3,(H2,19,20). The molecular formula is C18H18N2S. The van der Waals surface area contributed by atoms with Crippen LogP contribution in [0.1, 0.15) is 21.6 Å². The number of benzene rings is 2. The summed E-state index contributed by atoms with van der Waals surface area (Å²) in [6.45, 7) is 4.26. The summed E-state index contributed by atoms with van der Waals surface area (Å²) in [6, 6.07) is 16.8. The van der Waals surface area contributed by atoms with Gasteiger partial charge in [0.1, 0.15) is 0 Å². The molecule has 21 heavy (non-hydrogen) atoms. The van der Waals surface area contributed by atoms with Gasteiger partial charge in [-0.25, -0.2) is 4.98 Å². The smallest absolute Gasteiger partial charge is 0.180 e. The lowest BCUT2D eigenvalue weighted by molar-refractivity contribution is 1.21. The fraction of sp³-hybridized carbons (Fsp3) is 0.167. The molecule has 3 rings (SSSR count). The third-order valence-corrected chi connectivity index (χ3v) is 4.52. The van der Waals surface area contributed by atoms with Crippen molar-refractivity contribution in [2.24, 2.45) is 0 Å². The number of rotatable bonds is 3. The molecule has 0 amide bonds. The topological polar surface area (TPSA) is 38.9 Å². The zero-order valence-electron chi connectivity index (χ0n) is 12.3. The van der Waals surface area contributed by atoms with Gasteiger partial charge in [0.15, 0.2) is 5.13 Å². The van der Waals surface area contributed by atoms with E-state index in [2.05, 4.69) is 61.3 Å². The molecule has 1 heterocycles. The fourth-order valence-electron chi connectivity index (χ4n) is 2.65. The van der Waals surface area contributed by atoms with Crippen LogP contribution in [0.4, 0.5) is 5.13 Å². The van der Waals surface area contributed by atoms with Crippen LogP contribution in [0.5, 0.6) is 0 Å². The van der Waals surface area contributed by atoms with Gasteiger partial charge >= 0.3 is 0 Å². The summed E-state index contributed by atoms with van der Waals surface area (Å²) in [5, 5.41) is 0.638. The third kappa shape index (κ3) is 2.83. The Kier molecular flexibility index (Phi) is 3.76. The van der Waals surface area contributed by atoms with Gasteiger partial charge in [-0.15, -0.1) is 11.3 Å². The first kappa shape index (κ1) is 13.8. The molecule has 0 atom stereocenters. The van der Waals surface area contributed by atoms with E-state index >= 15 is 0 Å². The molecular weight excluding hydrogens is 276 g/mol. The molecule has 0 bridgehead atoms. The van der Waals surface area contributed by atoms with Gasteiger partial charge in [0.25, 0.3) is 0 Å². The minimum Gasteiger partial charge on any atom is -0.375 e. The van der Waals surface area contributed by atoms with Crippen molar-refractivity contribution in [2.45, 2.75) is 20.3 Å². The van der Waals surface area contributed by atoms with Gasteiger partial charge in [0.2, 0.25) is 0 Å². The first-order valence-corrected chi connectivity index (χ1v) is 7.82. The molecule has 106 valence electrons. The van der Waals surface area contributed by atoms with Crippen molar-refractivity contribution in [3.8, 4) is 11.3 Å². The monoisotopic (exact) mass is 294 g/mol. The Morgan fingerprint density at radius 3 is 2.29 bits per heavy atom. The van der Waals surface area contributed by atoms with E-state index in [1.54, 1.807) is 11.3 Å². The first-order valence-electron chi connectivity index (χ1n) is 7.01. The maximum absolute atomic E-state index is 5.98. The van der Waals surface area contributed by atoms with Crippen LogP contribution in [0, 0.1) is 13.8 Å². The Morgan fingerprint density at radius 1 is 0.952 bits per heavy atom. The van der Waals surface area contributed by atoms with Crippen molar-refractivity contribution in [1.29, 1.82) is 0 Å². The van der Waals surface area contributed by atoms with E-state index in [9.17, 15) is 0 Å². The average Bonchev–Trinajstić information content (AvgIpc) is 2.80. The van der Waals surface area contributed by atoms with Crippen LogP contribution in [0.15, 0.2) is 48.5 Å². The molecule has 0 saturated heterocycles. The van der Waals surface area contributed by atoms with Crippen molar-refractivity contribution in [2.75, 3.05) is 5.73 Å². The van der Waals surface area contributed by atoms with E-state index in [0.29, 0.717) is 5.13 Å². The van der Waals surface area contributed by atoms with E-state index in [1.165, 1.54) is 27.1 Å². The number of thiazole rings is 1. The van der Waals surface area contributed by atoms with Crippen LogP contribution in [0.25, 0.3) is 11.3 Å². The highest BCUT2D eigenvalue weighted by atomic mass is 32.1. The molecule has 0 radical (unpaired) electrons. The summed E-state index contributed by atoms with van der Waals surface area (Å²) in [5.74, 6) is 0. The number of anilines is 1. The molecule has 0 spiro atoms. The van der Waals surface area contributed by atoms with E-state index < -0.39 is 0 Å². The molecule has 0 saturated carbocycles. The molecule has 3 aromatic rings. The molecule has 0 aliphatic carbocycles. The van der Waals surface area contributed by atoms with Gasteiger partial charge in [-0.05, 0) is 30.5 Å². The fourth-order valence-corrected chi connectivity index (χ4v) is 3.53. The van der Waals surface area contributed by atoms with Gasteiger partial charge in [-0.2, -0.15) is 0 Å². The van der Waals surface area contributed by atoms with Crippen LogP contribution in [-0.4, -0.2) is 4.98 Å². The number of aromatic nitrogens is 1. The Balaban J connectivity index is 2.08. The molecule has 3 heteroatoms. The van der Waals surface area contributed by atoms with Gasteiger partial charge in [-0.3, -0.25) is 0 Å². The highest BCUT2D eigenvalue weighted by molar-refractivity contribution is 7.15. The second-order valence-corrected chi connectivity index (χ2v) is 6.37. The predicted molar refractivity (Wildman–Crippen MR) is 90.7 cm³/mol. The van der Waals surface area contributed by atoms with Gasteiger partial charge < -0.3 is 5.73 Å². The van der Waals surface area contributed by atoms with E-state index in [0.717, 1.165) is 12.1 Å². The quantitative estimate of drug-likeness (QED) is 0.766. The molecule has 0 aliphatic rings. The Bertz CT molecular complexity index is 740. The predicted octanol–water partition coefficient (Wildman–Crippen LogP) is 4.60. The minimum atomic E-state index is 0.638. The lowest BCUT2D eigenvalue weighted by Gasteiger charge is -2.09. The highest BCUT2D eigenvalue weighted by Gasteiger charge is 2.15. The molecule has 2 aromatic carbocycles. The van der Waals surface area contributed by atoms with Crippen molar-refractivity contribution < 1.29 is 0 Å². The number of aryl methyl sites for hydroxylation is 2. The summed E-state index contributed by atoms with van der Waals surface area (Å²) in [5.41, 5.74) is 12.0. The van der Waals surface area contributed by atoms with E-state index in [4.69, 9.17) is 5.73 Å². The van der Waals surface area contributed by atoms with Crippen LogP contribution in [-0.2, 0) is 6.42 Å². The van der Waals surface area contributed by atoms with Crippen LogP contribution in [0.2, 0.25) is 0 Å². The zero-order chi connectivity index (χ0) is 14.8. The summed E-state index contributed by atoms with van der Waals surface area (Å²) in [7, 11) is 0. The highest BCUT2D eigenvalue weighted by Crippen LogP contribution is 2.35. The zero-order valence-corrected chi connectivity index (χ0v) is 13.1. The number of hydrogen-bond acceptors (Lipinski definition) is 3. The second-order valence-electron chi connectivity index (χ2n) is 5.25. The number of nitrogen functional groups attached to an aromatic ring is 1. The van der Waals surface area contributed by atoms with Crippen LogP contribution in [0.3, 0.4) is 0 Å². The molecule has 0 aliphatic heterocycles. The Morgan fingerprint density at radius 2 is 1.62 bits per heavy atom. The van der Waals surface area contributed by atoms with Gasteiger partial charge in [0.05, 0.1) is 5.69 Å². The largest absolute Gasteiger partial charge is 0.375 e. The average molecular weight is 294 g/mol. The first-order chi connectivity index (χ1) is 10.1. The van der Waals surface area contributed by atoms with Crippen molar-refractivity contribution >= 4 is 16.5 Å². The molecule has 0 unspecified atom stereocenters. The maximum Gasteiger partial charge on any atom is 0.180 e. The Labute approximate surface area is 129 Å². The van der Waals surface area contributed by atoms with Crippen molar-refractivity contribution in [3.63, 3.8) is 0 Å². The van der Waals surface area contributed by atoms with E-state index in [1.807, 2.05) is 6.07 Å². The van der Waals surface area contributed by atoms with Crippen molar-refractivity contribution in [3.05, 3.63) is 70.1 Å². The summed E-state index contributed by atoms with van der Waals surface area (Å²) in [6.07, 6.45) is 0.874. The van der Waals surface area contributed by atoms with Gasteiger partial charge in [0, 0.05) is 16.9 Å². The normalized spacial score (nSPS) is 10.8. The molecule has 2 N–H and O–H groups in total. The summed E-state index contributed by atoms with van der Waals surface area (Å²) in [4.78, 5) is 5.83. The number of nitrogens with two attached hydrogens (primary N) is 1. The molecule has 1 aromatic heterocycles.